The summed E-state index contributed by atoms with van der Waals surface area (Å²) in [5, 5.41) is 2.71. The predicted octanol–water partition coefficient (Wildman–Crippen LogP) is 6.33. The molecular weight excluding hydrogens is 470 g/mol. The molecular formula is C18H14I2. The summed E-state index contributed by atoms with van der Waals surface area (Å²) in [5.74, 6) is 0. The van der Waals surface area contributed by atoms with Gasteiger partial charge in [-0.05, 0) is 92.6 Å². The molecule has 0 aliphatic carbocycles. The van der Waals surface area contributed by atoms with Gasteiger partial charge >= 0.3 is 0 Å². The first-order valence-corrected chi connectivity index (χ1v) is 8.68. The van der Waals surface area contributed by atoms with Gasteiger partial charge in [-0.3, -0.25) is 0 Å². The van der Waals surface area contributed by atoms with Crippen LogP contribution in [-0.4, -0.2) is 0 Å². The number of hydrogen-bond acceptors (Lipinski definition) is 0. The van der Waals surface area contributed by atoms with Crippen LogP contribution in [0.5, 0.6) is 0 Å². The van der Waals surface area contributed by atoms with Gasteiger partial charge in [0.25, 0.3) is 0 Å². The first-order chi connectivity index (χ1) is 9.58. The molecule has 3 aromatic rings. The molecule has 0 aliphatic rings. The minimum absolute atomic E-state index is 1.29. The maximum atomic E-state index is 2.45. The van der Waals surface area contributed by atoms with Gasteiger partial charge in [-0.2, -0.15) is 0 Å². The van der Waals surface area contributed by atoms with Gasteiger partial charge in [-0.1, -0.05) is 42.5 Å². The summed E-state index contributed by atoms with van der Waals surface area (Å²) in [7, 11) is 0. The molecule has 0 fully saturated rings. The van der Waals surface area contributed by atoms with E-state index in [0.29, 0.717) is 0 Å². The van der Waals surface area contributed by atoms with Crippen molar-refractivity contribution in [2.45, 2.75) is 13.8 Å². The van der Waals surface area contributed by atoms with E-state index in [0.717, 1.165) is 0 Å². The van der Waals surface area contributed by atoms with Gasteiger partial charge in [0, 0.05) is 12.7 Å². The molecule has 0 unspecified atom stereocenters. The van der Waals surface area contributed by atoms with E-state index < -0.39 is 0 Å². The highest BCUT2D eigenvalue weighted by molar-refractivity contribution is 14.1. The first kappa shape index (κ1) is 14.3. The number of hydrogen-bond donors (Lipinski definition) is 0. The molecule has 0 aliphatic heterocycles. The summed E-state index contributed by atoms with van der Waals surface area (Å²) in [5.41, 5.74) is 5.36. The van der Waals surface area contributed by atoms with Gasteiger partial charge in [0.15, 0.2) is 0 Å². The molecule has 0 aromatic heterocycles. The largest absolute Gasteiger partial charge is 0.0622 e. The van der Waals surface area contributed by atoms with E-state index in [1.165, 1.54) is 40.2 Å². The van der Waals surface area contributed by atoms with Crippen LogP contribution in [0.3, 0.4) is 0 Å². The zero-order valence-electron chi connectivity index (χ0n) is 11.4. The number of fused-ring (bicyclic) bond motifs is 1. The third-order valence-electron chi connectivity index (χ3n) is 3.72. The summed E-state index contributed by atoms with van der Waals surface area (Å²) < 4.78 is 2.64. The topological polar surface area (TPSA) is 0 Å². The lowest BCUT2D eigenvalue weighted by Crippen LogP contribution is -1.92. The Morgan fingerprint density at radius 2 is 1.30 bits per heavy atom. The smallest absolute Gasteiger partial charge is 0.0225 e. The minimum atomic E-state index is 1.29. The minimum Gasteiger partial charge on any atom is -0.0622 e. The fraction of sp³-hybridized carbons (Fsp3) is 0.111. The molecule has 0 N–H and O–H groups in total. The zero-order chi connectivity index (χ0) is 14.3. The molecule has 3 rings (SSSR count). The maximum Gasteiger partial charge on any atom is 0.0225 e. The Balaban J connectivity index is 2.45. The third-order valence-corrected chi connectivity index (χ3v) is 5.46. The van der Waals surface area contributed by atoms with E-state index in [4.69, 9.17) is 0 Å². The van der Waals surface area contributed by atoms with E-state index in [2.05, 4.69) is 108 Å². The lowest BCUT2D eigenvalue weighted by atomic mass is 9.95. The molecule has 2 heteroatoms. The van der Waals surface area contributed by atoms with Crippen molar-refractivity contribution in [1.29, 1.82) is 0 Å². The van der Waals surface area contributed by atoms with Crippen molar-refractivity contribution in [1.82, 2.24) is 0 Å². The normalized spacial score (nSPS) is 11.0. The van der Waals surface area contributed by atoms with E-state index in [-0.39, 0.29) is 0 Å². The van der Waals surface area contributed by atoms with E-state index in [1.807, 2.05) is 0 Å². The standard InChI is InChI=1S/C18H14I2/c1-11-8-14-15(9-12(11)2)18(17(20)10-16(14)19)13-6-4-3-5-7-13/h3-10H,1-2H3. The van der Waals surface area contributed by atoms with Crippen molar-refractivity contribution >= 4 is 56.0 Å². The molecule has 0 saturated heterocycles. The second-order valence-corrected chi connectivity index (χ2v) is 7.39. The van der Waals surface area contributed by atoms with Crippen LogP contribution < -0.4 is 0 Å². The third kappa shape index (κ3) is 2.48. The van der Waals surface area contributed by atoms with Gasteiger partial charge in [-0.15, -0.1) is 0 Å². The van der Waals surface area contributed by atoms with Crippen molar-refractivity contribution in [2.24, 2.45) is 0 Å². The second kappa shape index (κ2) is 5.64. The number of aryl methyl sites for hydroxylation is 2. The molecule has 0 heterocycles. The number of rotatable bonds is 1. The molecule has 0 nitrogen and oxygen atoms in total. The second-order valence-electron chi connectivity index (χ2n) is 5.06. The summed E-state index contributed by atoms with van der Waals surface area (Å²) in [4.78, 5) is 0. The van der Waals surface area contributed by atoms with Crippen LogP contribution in [0.2, 0.25) is 0 Å². The molecule has 100 valence electrons. The predicted molar refractivity (Wildman–Crippen MR) is 104 cm³/mol. The molecule has 0 radical (unpaired) electrons. The molecule has 0 saturated carbocycles. The highest BCUT2D eigenvalue weighted by Gasteiger charge is 2.12. The maximum absolute atomic E-state index is 2.45. The van der Waals surface area contributed by atoms with E-state index in [1.54, 1.807) is 0 Å². The van der Waals surface area contributed by atoms with Gasteiger partial charge in [0.1, 0.15) is 0 Å². The first-order valence-electron chi connectivity index (χ1n) is 6.52. The number of halogens is 2. The van der Waals surface area contributed by atoms with Crippen LogP contribution in [0, 0.1) is 21.0 Å². The summed E-state index contributed by atoms with van der Waals surface area (Å²) in [6.45, 7) is 4.38. The fourth-order valence-electron chi connectivity index (χ4n) is 2.51. The quantitative estimate of drug-likeness (QED) is 0.354. The average molecular weight is 484 g/mol. The van der Waals surface area contributed by atoms with Gasteiger partial charge in [-0.25, -0.2) is 0 Å². The van der Waals surface area contributed by atoms with Gasteiger partial charge in [0.2, 0.25) is 0 Å². The Labute approximate surface area is 146 Å². The molecule has 0 spiro atoms. The molecule has 0 bridgehead atoms. The van der Waals surface area contributed by atoms with Crippen LogP contribution in [0.15, 0.2) is 48.5 Å². The van der Waals surface area contributed by atoms with Crippen LogP contribution in [0.1, 0.15) is 11.1 Å². The lowest BCUT2D eigenvalue weighted by Gasteiger charge is -2.14. The summed E-state index contributed by atoms with van der Waals surface area (Å²) in [6.07, 6.45) is 0. The van der Waals surface area contributed by atoms with Crippen molar-refractivity contribution in [2.75, 3.05) is 0 Å². The van der Waals surface area contributed by atoms with Crippen molar-refractivity contribution < 1.29 is 0 Å². The van der Waals surface area contributed by atoms with Gasteiger partial charge in [0.05, 0.1) is 0 Å². The molecule has 0 atom stereocenters. The molecule has 3 aromatic carbocycles. The van der Waals surface area contributed by atoms with E-state index >= 15 is 0 Å². The fourth-order valence-corrected chi connectivity index (χ4v) is 4.78. The Kier molecular flexibility index (Phi) is 4.04. The van der Waals surface area contributed by atoms with Crippen LogP contribution in [0.4, 0.5) is 0 Å². The van der Waals surface area contributed by atoms with Crippen molar-refractivity contribution in [3.05, 3.63) is 66.8 Å². The summed E-state index contributed by atoms with van der Waals surface area (Å²) >= 11 is 4.90. The molecule has 20 heavy (non-hydrogen) atoms. The Morgan fingerprint density at radius 1 is 0.700 bits per heavy atom. The Morgan fingerprint density at radius 3 is 1.95 bits per heavy atom. The van der Waals surface area contributed by atoms with Crippen molar-refractivity contribution in [3.63, 3.8) is 0 Å². The van der Waals surface area contributed by atoms with E-state index in [9.17, 15) is 0 Å². The van der Waals surface area contributed by atoms with Crippen LogP contribution in [-0.2, 0) is 0 Å². The van der Waals surface area contributed by atoms with Crippen molar-refractivity contribution in [3.8, 4) is 11.1 Å². The van der Waals surface area contributed by atoms with Gasteiger partial charge < -0.3 is 0 Å². The zero-order valence-corrected chi connectivity index (χ0v) is 15.7. The monoisotopic (exact) mass is 484 g/mol. The number of benzene rings is 3. The highest BCUT2D eigenvalue weighted by atomic mass is 127. The Hall–Kier alpha value is -0.620. The van der Waals surface area contributed by atoms with Crippen LogP contribution in [0.25, 0.3) is 21.9 Å². The summed E-state index contributed by atoms with van der Waals surface area (Å²) in [6, 6.07) is 17.6. The van der Waals surface area contributed by atoms with Crippen LogP contribution >= 0.6 is 45.2 Å². The Bertz CT molecular complexity index is 790. The average Bonchev–Trinajstić information content (AvgIpc) is 2.42. The SMILES string of the molecule is Cc1cc2c(I)cc(I)c(-c3ccccc3)c2cc1C. The molecule has 0 amide bonds. The highest BCUT2D eigenvalue weighted by Crippen LogP contribution is 2.37. The lowest BCUT2D eigenvalue weighted by molar-refractivity contribution is 1.36.